The Balaban J connectivity index is 2.81. The average molecular weight is 242 g/mol. The SMILES string of the molecule is CCC(C#N)S(=O)(=O)N(C)Cc1ccoc1. The van der Waals surface area contributed by atoms with Crippen molar-refractivity contribution in [3.05, 3.63) is 24.2 Å². The molecular weight excluding hydrogens is 228 g/mol. The van der Waals surface area contributed by atoms with E-state index in [1.54, 1.807) is 19.1 Å². The van der Waals surface area contributed by atoms with Gasteiger partial charge in [0.25, 0.3) is 0 Å². The van der Waals surface area contributed by atoms with Crippen LogP contribution in [0.25, 0.3) is 0 Å². The van der Waals surface area contributed by atoms with Crippen molar-refractivity contribution in [1.82, 2.24) is 4.31 Å². The lowest BCUT2D eigenvalue weighted by Crippen LogP contribution is -2.34. The molecule has 1 unspecified atom stereocenters. The zero-order valence-electron chi connectivity index (χ0n) is 9.25. The number of furan rings is 1. The predicted molar refractivity (Wildman–Crippen MR) is 58.8 cm³/mol. The molecule has 16 heavy (non-hydrogen) atoms. The van der Waals surface area contributed by atoms with Crippen molar-refractivity contribution in [1.29, 1.82) is 5.26 Å². The first-order valence-electron chi connectivity index (χ1n) is 4.88. The molecule has 0 amide bonds. The van der Waals surface area contributed by atoms with Crippen molar-refractivity contribution in [3.8, 4) is 6.07 Å². The van der Waals surface area contributed by atoms with Gasteiger partial charge in [0.15, 0.2) is 5.25 Å². The van der Waals surface area contributed by atoms with Crippen molar-refractivity contribution in [2.45, 2.75) is 25.1 Å². The number of hydrogen-bond donors (Lipinski definition) is 0. The van der Waals surface area contributed by atoms with Crippen molar-refractivity contribution < 1.29 is 12.8 Å². The van der Waals surface area contributed by atoms with Gasteiger partial charge in [0.05, 0.1) is 18.6 Å². The minimum Gasteiger partial charge on any atom is -0.472 e. The van der Waals surface area contributed by atoms with Crippen LogP contribution in [0.3, 0.4) is 0 Å². The summed E-state index contributed by atoms with van der Waals surface area (Å²) in [4.78, 5) is 0. The Hall–Kier alpha value is -1.32. The van der Waals surface area contributed by atoms with Crippen LogP contribution >= 0.6 is 0 Å². The standard InChI is InChI=1S/C10H14N2O3S/c1-3-10(6-11)16(13,14)12(2)7-9-4-5-15-8-9/h4-5,8,10H,3,7H2,1-2H3. The lowest BCUT2D eigenvalue weighted by atomic mass is 10.3. The van der Waals surface area contributed by atoms with Gasteiger partial charge in [-0.05, 0) is 12.5 Å². The first-order valence-corrected chi connectivity index (χ1v) is 6.38. The summed E-state index contributed by atoms with van der Waals surface area (Å²) >= 11 is 0. The second-order valence-electron chi connectivity index (χ2n) is 3.46. The summed E-state index contributed by atoms with van der Waals surface area (Å²) in [7, 11) is -2.09. The molecule has 0 aliphatic rings. The average Bonchev–Trinajstić information content (AvgIpc) is 2.71. The zero-order valence-corrected chi connectivity index (χ0v) is 10.1. The molecule has 0 N–H and O–H groups in total. The highest BCUT2D eigenvalue weighted by Crippen LogP contribution is 2.13. The number of sulfonamides is 1. The second kappa shape index (κ2) is 5.14. The van der Waals surface area contributed by atoms with Gasteiger partial charge in [-0.15, -0.1) is 0 Å². The Kier molecular flexibility index (Phi) is 4.10. The lowest BCUT2D eigenvalue weighted by Gasteiger charge is -2.18. The Labute approximate surface area is 95.3 Å². The number of nitrogens with zero attached hydrogens (tertiary/aromatic N) is 2. The summed E-state index contributed by atoms with van der Waals surface area (Å²) in [6, 6.07) is 3.49. The normalized spacial score (nSPS) is 13.6. The summed E-state index contributed by atoms with van der Waals surface area (Å²) in [6.45, 7) is 1.90. The second-order valence-corrected chi connectivity index (χ2v) is 5.68. The largest absolute Gasteiger partial charge is 0.472 e. The van der Waals surface area contributed by atoms with Crippen LogP contribution in [0.5, 0.6) is 0 Å². The molecule has 1 aromatic heterocycles. The molecular formula is C10H14N2O3S. The van der Waals surface area contributed by atoms with Crippen molar-refractivity contribution >= 4 is 10.0 Å². The minimum atomic E-state index is -3.55. The molecule has 0 bridgehead atoms. The maximum Gasteiger partial charge on any atom is 0.230 e. The molecule has 0 saturated heterocycles. The fourth-order valence-electron chi connectivity index (χ4n) is 1.32. The highest BCUT2D eigenvalue weighted by atomic mass is 32.2. The van der Waals surface area contributed by atoms with Gasteiger partial charge in [0, 0.05) is 19.2 Å². The molecule has 1 atom stereocenters. The van der Waals surface area contributed by atoms with E-state index in [1.807, 2.05) is 0 Å². The third-order valence-electron chi connectivity index (χ3n) is 2.29. The topological polar surface area (TPSA) is 74.3 Å². The minimum absolute atomic E-state index is 0.219. The summed E-state index contributed by atoms with van der Waals surface area (Å²) in [5.74, 6) is 0. The van der Waals surface area contributed by atoms with E-state index in [2.05, 4.69) is 0 Å². The van der Waals surface area contributed by atoms with E-state index < -0.39 is 15.3 Å². The summed E-state index contributed by atoms with van der Waals surface area (Å²) in [6.07, 6.45) is 3.26. The highest BCUT2D eigenvalue weighted by Gasteiger charge is 2.28. The van der Waals surface area contributed by atoms with Gasteiger partial charge >= 0.3 is 0 Å². The van der Waals surface area contributed by atoms with Gasteiger partial charge in [-0.1, -0.05) is 6.92 Å². The fraction of sp³-hybridized carbons (Fsp3) is 0.500. The molecule has 0 aliphatic carbocycles. The molecule has 0 aromatic carbocycles. The molecule has 0 aliphatic heterocycles. The van der Waals surface area contributed by atoms with E-state index in [0.29, 0.717) is 0 Å². The molecule has 88 valence electrons. The van der Waals surface area contributed by atoms with Crippen LogP contribution in [0.4, 0.5) is 0 Å². The first-order chi connectivity index (χ1) is 7.52. The van der Waals surface area contributed by atoms with Crippen molar-refractivity contribution in [2.75, 3.05) is 7.05 Å². The van der Waals surface area contributed by atoms with E-state index in [0.717, 1.165) is 5.56 Å². The fourth-order valence-corrected chi connectivity index (χ4v) is 2.63. The Morgan fingerprint density at radius 1 is 1.62 bits per heavy atom. The smallest absolute Gasteiger partial charge is 0.230 e. The Bertz CT molecular complexity index is 459. The molecule has 0 radical (unpaired) electrons. The third-order valence-corrected chi connectivity index (χ3v) is 4.45. The molecule has 1 heterocycles. The van der Waals surface area contributed by atoms with Crippen LogP contribution in [-0.2, 0) is 16.6 Å². The van der Waals surface area contributed by atoms with Crippen LogP contribution in [0, 0.1) is 11.3 Å². The lowest BCUT2D eigenvalue weighted by molar-refractivity contribution is 0.457. The van der Waals surface area contributed by atoms with Gasteiger partial charge < -0.3 is 4.42 Å². The van der Waals surface area contributed by atoms with Crippen LogP contribution in [-0.4, -0.2) is 25.0 Å². The van der Waals surface area contributed by atoms with E-state index in [9.17, 15) is 8.42 Å². The molecule has 0 saturated carbocycles. The molecule has 1 rings (SSSR count). The summed E-state index contributed by atoms with van der Waals surface area (Å²) in [5.41, 5.74) is 0.763. The van der Waals surface area contributed by atoms with Gasteiger partial charge in [0.1, 0.15) is 0 Å². The molecule has 5 nitrogen and oxygen atoms in total. The van der Waals surface area contributed by atoms with Gasteiger partial charge in [-0.3, -0.25) is 0 Å². The highest BCUT2D eigenvalue weighted by molar-refractivity contribution is 7.89. The van der Waals surface area contributed by atoms with E-state index in [4.69, 9.17) is 9.68 Å². The third kappa shape index (κ3) is 2.62. The van der Waals surface area contributed by atoms with Gasteiger partial charge in [-0.2, -0.15) is 9.57 Å². The van der Waals surface area contributed by atoms with E-state index in [-0.39, 0.29) is 13.0 Å². The summed E-state index contributed by atoms with van der Waals surface area (Å²) in [5, 5.41) is 7.78. The van der Waals surface area contributed by atoms with Crippen LogP contribution < -0.4 is 0 Å². The molecule has 0 fully saturated rings. The van der Waals surface area contributed by atoms with Crippen LogP contribution in [0.1, 0.15) is 18.9 Å². The quantitative estimate of drug-likeness (QED) is 0.781. The van der Waals surface area contributed by atoms with Crippen molar-refractivity contribution in [3.63, 3.8) is 0 Å². The molecule has 6 heteroatoms. The number of hydrogen-bond acceptors (Lipinski definition) is 4. The van der Waals surface area contributed by atoms with Gasteiger partial charge in [-0.25, -0.2) is 8.42 Å². The number of nitriles is 1. The van der Waals surface area contributed by atoms with E-state index >= 15 is 0 Å². The maximum atomic E-state index is 11.9. The Morgan fingerprint density at radius 2 is 2.31 bits per heavy atom. The first kappa shape index (κ1) is 12.7. The van der Waals surface area contributed by atoms with Crippen LogP contribution in [0.2, 0.25) is 0 Å². The summed E-state index contributed by atoms with van der Waals surface area (Å²) < 4.78 is 29.8. The van der Waals surface area contributed by atoms with E-state index in [1.165, 1.54) is 23.9 Å². The monoisotopic (exact) mass is 242 g/mol. The van der Waals surface area contributed by atoms with Crippen LogP contribution in [0.15, 0.2) is 23.0 Å². The zero-order chi connectivity index (χ0) is 12.2. The number of rotatable bonds is 5. The molecule has 1 aromatic rings. The Morgan fingerprint density at radius 3 is 2.75 bits per heavy atom. The predicted octanol–water partition coefficient (Wildman–Crippen LogP) is 1.34. The van der Waals surface area contributed by atoms with Crippen molar-refractivity contribution in [2.24, 2.45) is 0 Å². The van der Waals surface area contributed by atoms with Gasteiger partial charge in [0.2, 0.25) is 10.0 Å². The molecule has 0 spiro atoms. The maximum absolute atomic E-state index is 11.9.